The van der Waals surface area contributed by atoms with Gasteiger partial charge in [-0.2, -0.15) is 0 Å². The molecule has 0 aromatic rings. The van der Waals surface area contributed by atoms with Gasteiger partial charge >= 0.3 is 0 Å². The molecule has 0 bridgehead atoms. The van der Waals surface area contributed by atoms with Gasteiger partial charge < -0.3 is 0 Å². The lowest BCUT2D eigenvalue weighted by atomic mass is 9.92. The van der Waals surface area contributed by atoms with Crippen LogP contribution in [0.25, 0.3) is 0 Å². The highest BCUT2D eigenvalue weighted by molar-refractivity contribution is 6.31. The molecule has 1 aliphatic rings. The molecule has 0 saturated carbocycles. The molecule has 0 aliphatic heterocycles. The molecule has 1 aliphatic carbocycles. The van der Waals surface area contributed by atoms with E-state index >= 15 is 0 Å². The van der Waals surface area contributed by atoms with Crippen LogP contribution in [0.5, 0.6) is 0 Å². The lowest BCUT2D eigenvalue weighted by molar-refractivity contribution is 0.754. The van der Waals surface area contributed by atoms with Crippen LogP contribution in [0.4, 0.5) is 0 Å². The molecule has 0 radical (unpaired) electrons. The number of rotatable bonds is 3. The molecule has 0 spiro atoms. The Morgan fingerprint density at radius 2 is 2.46 bits per heavy atom. The van der Waals surface area contributed by atoms with E-state index in [0.717, 1.165) is 11.5 Å². The monoisotopic (exact) mass is 196 g/mol. The van der Waals surface area contributed by atoms with Crippen molar-refractivity contribution in [3.8, 4) is 0 Å². The molecule has 0 amide bonds. The average molecular weight is 197 g/mol. The van der Waals surface area contributed by atoms with E-state index in [0.29, 0.717) is 5.92 Å². The van der Waals surface area contributed by atoms with Crippen molar-refractivity contribution in [2.45, 2.75) is 33.1 Å². The first-order valence-corrected chi connectivity index (χ1v) is 5.32. The molecule has 0 aromatic carbocycles. The van der Waals surface area contributed by atoms with Crippen LogP contribution in [0.2, 0.25) is 0 Å². The van der Waals surface area contributed by atoms with Crippen LogP contribution in [-0.4, -0.2) is 0 Å². The van der Waals surface area contributed by atoms with E-state index in [9.17, 15) is 0 Å². The molecule has 72 valence electrons. The summed E-state index contributed by atoms with van der Waals surface area (Å²) in [5.41, 5.74) is 1.47. The third-order valence-corrected chi connectivity index (χ3v) is 2.67. The lowest BCUT2D eigenvalue weighted by Gasteiger charge is -2.14. The van der Waals surface area contributed by atoms with Gasteiger partial charge in [0, 0.05) is 11.0 Å². The van der Waals surface area contributed by atoms with Gasteiger partial charge in [0.2, 0.25) is 0 Å². The van der Waals surface area contributed by atoms with Gasteiger partial charge in [0.1, 0.15) is 0 Å². The van der Waals surface area contributed by atoms with Crippen molar-refractivity contribution in [3.63, 3.8) is 0 Å². The fourth-order valence-corrected chi connectivity index (χ4v) is 1.62. The van der Waals surface area contributed by atoms with Crippen LogP contribution in [-0.2, 0) is 0 Å². The molecule has 1 atom stereocenters. The molecule has 1 heteroatoms. The second-order valence-electron chi connectivity index (χ2n) is 3.53. The molecule has 0 nitrogen and oxygen atoms in total. The molecule has 1 unspecified atom stereocenters. The Morgan fingerprint density at radius 3 is 3.00 bits per heavy atom. The highest BCUT2D eigenvalue weighted by atomic mass is 35.5. The molecular weight excluding hydrogens is 180 g/mol. The molecule has 13 heavy (non-hydrogen) atoms. The second kappa shape index (κ2) is 5.29. The van der Waals surface area contributed by atoms with Gasteiger partial charge in [0.25, 0.3) is 0 Å². The second-order valence-corrected chi connectivity index (χ2v) is 3.96. The highest BCUT2D eigenvalue weighted by Crippen LogP contribution is 2.24. The number of unbranched alkanes of at least 4 members (excludes halogenated alkanes) is 1. The predicted octanol–water partition coefficient (Wildman–Crippen LogP) is 4.43. The third-order valence-electron chi connectivity index (χ3n) is 2.39. The van der Waals surface area contributed by atoms with Gasteiger partial charge in [-0.25, -0.2) is 0 Å². The lowest BCUT2D eigenvalue weighted by Crippen LogP contribution is -2.00. The summed E-state index contributed by atoms with van der Waals surface area (Å²) in [7, 11) is 0. The van der Waals surface area contributed by atoms with E-state index in [-0.39, 0.29) is 0 Å². The van der Waals surface area contributed by atoms with E-state index in [1.165, 1.54) is 18.4 Å². The Bertz CT molecular complexity index is 246. The number of allylic oxidation sites excluding steroid dienone is 6. The molecule has 0 saturated heterocycles. The van der Waals surface area contributed by atoms with Gasteiger partial charge in [-0.15, -0.1) is 0 Å². The fraction of sp³-hybridized carbons (Fsp3) is 0.500. The van der Waals surface area contributed by atoms with E-state index in [1.54, 1.807) is 0 Å². The minimum atomic E-state index is 0.578. The first-order chi connectivity index (χ1) is 6.24. The fourth-order valence-electron chi connectivity index (χ4n) is 1.46. The van der Waals surface area contributed by atoms with Gasteiger partial charge in [0.05, 0.1) is 0 Å². The van der Waals surface area contributed by atoms with Crippen molar-refractivity contribution in [3.05, 3.63) is 34.9 Å². The summed E-state index contributed by atoms with van der Waals surface area (Å²) < 4.78 is 0. The summed E-state index contributed by atoms with van der Waals surface area (Å²) in [6.45, 7) is 4.41. The largest absolute Gasteiger partial charge is 0.0850 e. The van der Waals surface area contributed by atoms with Crippen LogP contribution in [0.1, 0.15) is 33.1 Å². The Hall–Kier alpha value is -0.490. The Kier molecular flexibility index (Phi) is 4.31. The molecular formula is C12H17Cl. The quantitative estimate of drug-likeness (QED) is 0.586. The SMILES string of the molecule is CCC/C=C(/C)C1C=CC(Cl)=CC1. The Morgan fingerprint density at radius 1 is 1.69 bits per heavy atom. The van der Waals surface area contributed by atoms with Crippen LogP contribution in [0.15, 0.2) is 34.9 Å². The van der Waals surface area contributed by atoms with Crippen molar-refractivity contribution in [1.82, 2.24) is 0 Å². The molecule has 1 rings (SSSR count). The maximum Gasteiger partial charge on any atom is 0.0363 e. The zero-order valence-electron chi connectivity index (χ0n) is 8.39. The zero-order valence-corrected chi connectivity index (χ0v) is 9.14. The van der Waals surface area contributed by atoms with Crippen LogP contribution >= 0.6 is 11.6 Å². The van der Waals surface area contributed by atoms with Crippen molar-refractivity contribution in [1.29, 1.82) is 0 Å². The summed E-state index contributed by atoms with van der Waals surface area (Å²) >= 11 is 5.85. The van der Waals surface area contributed by atoms with Gasteiger partial charge in [0.15, 0.2) is 0 Å². The van der Waals surface area contributed by atoms with E-state index in [1.807, 2.05) is 6.08 Å². The van der Waals surface area contributed by atoms with Gasteiger partial charge in [-0.3, -0.25) is 0 Å². The first kappa shape index (κ1) is 10.6. The summed E-state index contributed by atoms with van der Waals surface area (Å²) in [5, 5.41) is 0.875. The highest BCUT2D eigenvalue weighted by Gasteiger charge is 2.08. The van der Waals surface area contributed by atoms with Crippen molar-refractivity contribution >= 4 is 11.6 Å². The Labute approximate surface area is 86.0 Å². The van der Waals surface area contributed by atoms with Crippen LogP contribution in [0.3, 0.4) is 0 Å². The third kappa shape index (κ3) is 3.40. The van der Waals surface area contributed by atoms with Crippen molar-refractivity contribution in [2.75, 3.05) is 0 Å². The molecule has 0 N–H and O–H groups in total. The predicted molar refractivity (Wildman–Crippen MR) is 59.8 cm³/mol. The van der Waals surface area contributed by atoms with Crippen molar-refractivity contribution < 1.29 is 0 Å². The number of halogens is 1. The first-order valence-electron chi connectivity index (χ1n) is 4.94. The molecule has 0 aromatic heterocycles. The topological polar surface area (TPSA) is 0 Å². The molecule has 0 heterocycles. The zero-order chi connectivity index (χ0) is 9.68. The minimum absolute atomic E-state index is 0.578. The maximum absolute atomic E-state index is 5.85. The van der Waals surface area contributed by atoms with Gasteiger partial charge in [-0.05, 0) is 25.8 Å². The number of hydrogen-bond donors (Lipinski definition) is 0. The number of hydrogen-bond acceptors (Lipinski definition) is 0. The normalized spacial score (nSPS) is 23.2. The summed E-state index contributed by atoms with van der Waals surface area (Å²) in [6.07, 6.45) is 12.1. The minimum Gasteiger partial charge on any atom is -0.0850 e. The van der Waals surface area contributed by atoms with Crippen LogP contribution < -0.4 is 0 Å². The maximum atomic E-state index is 5.85. The standard InChI is InChI=1S/C12H17Cl/c1-3-4-5-10(2)11-6-8-12(13)9-7-11/h5-6,8-9,11H,3-4,7H2,1-2H3/b10-5-. The van der Waals surface area contributed by atoms with Gasteiger partial charge in [-0.1, -0.05) is 48.7 Å². The average Bonchev–Trinajstić information content (AvgIpc) is 2.15. The summed E-state index contributed by atoms with van der Waals surface area (Å²) in [5.74, 6) is 0.578. The van der Waals surface area contributed by atoms with Crippen LogP contribution in [0, 0.1) is 5.92 Å². The molecule has 0 fully saturated rings. The van der Waals surface area contributed by atoms with E-state index in [2.05, 4.69) is 32.1 Å². The summed E-state index contributed by atoms with van der Waals surface area (Å²) in [4.78, 5) is 0. The summed E-state index contributed by atoms with van der Waals surface area (Å²) in [6, 6.07) is 0. The van der Waals surface area contributed by atoms with E-state index < -0.39 is 0 Å². The smallest absolute Gasteiger partial charge is 0.0363 e. The Balaban J connectivity index is 2.51. The van der Waals surface area contributed by atoms with Crippen molar-refractivity contribution in [2.24, 2.45) is 5.92 Å². The van der Waals surface area contributed by atoms with E-state index in [4.69, 9.17) is 11.6 Å².